The van der Waals surface area contributed by atoms with Gasteiger partial charge in [0.15, 0.2) is 22.9 Å². The largest absolute Gasteiger partial charge is 0.395 e. The number of anilines is 3. The number of benzene rings is 5. The van der Waals surface area contributed by atoms with Gasteiger partial charge in [0.25, 0.3) is 11.8 Å². The van der Waals surface area contributed by atoms with Gasteiger partial charge in [-0.3, -0.25) is 18.4 Å². The van der Waals surface area contributed by atoms with Crippen LogP contribution in [-0.2, 0) is 10.0 Å². The highest BCUT2D eigenvalue weighted by molar-refractivity contribution is 7.89. The molecule has 9 aromatic rings. The molecule has 17 heteroatoms. The average Bonchev–Trinajstić information content (AvgIpc) is 3.99. The lowest BCUT2D eigenvalue weighted by Gasteiger charge is -2.13. The van der Waals surface area contributed by atoms with E-state index in [0.717, 1.165) is 80.6 Å². The second-order valence-electron chi connectivity index (χ2n) is 16.7. The lowest BCUT2D eigenvalue weighted by Crippen LogP contribution is -2.26. The quantitative estimate of drug-likeness (QED) is 0.0616. The fraction of sp³-hybridized carbons (Fsp3) is 0.200. The first-order valence-electron chi connectivity index (χ1n) is 21.8. The number of nitrogens with two attached hydrogens (primary N) is 1. The minimum absolute atomic E-state index is 0.0202. The van der Waals surface area contributed by atoms with E-state index >= 15 is 0 Å². The summed E-state index contributed by atoms with van der Waals surface area (Å²) in [5.41, 5.74) is 10.3. The van der Waals surface area contributed by atoms with Crippen molar-refractivity contribution >= 4 is 72.5 Å². The number of aliphatic hydroxyl groups is 1. The number of aliphatic hydroxyl groups excluding tert-OH is 1. The first-order chi connectivity index (χ1) is 32.3. The van der Waals surface area contributed by atoms with Crippen LogP contribution in [0.5, 0.6) is 0 Å². The van der Waals surface area contributed by atoms with Gasteiger partial charge in [0, 0.05) is 47.6 Å². The van der Waals surface area contributed by atoms with Gasteiger partial charge in [-0.1, -0.05) is 76.2 Å². The minimum atomic E-state index is -3.79. The smallest absolute Gasteiger partial charge is 0.255 e. The van der Waals surface area contributed by atoms with Crippen LogP contribution in [0.15, 0.2) is 139 Å². The number of aromatic nitrogens is 6. The molecule has 0 saturated heterocycles. The summed E-state index contributed by atoms with van der Waals surface area (Å²) >= 11 is 0. The second-order valence-corrected chi connectivity index (χ2v) is 18.3. The Morgan fingerprint density at radius 1 is 0.627 bits per heavy atom. The number of carbonyl (C=O) groups is 2. The maximum Gasteiger partial charge on any atom is 0.255 e. The van der Waals surface area contributed by atoms with Crippen LogP contribution in [0.4, 0.5) is 17.3 Å². The molecule has 0 atom stereocenters. The van der Waals surface area contributed by atoms with Crippen LogP contribution < -0.4 is 26.4 Å². The number of carbonyl (C=O) groups excluding carboxylic acids is 2. The third kappa shape index (κ3) is 10.2. The van der Waals surface area contributed by atoms with Crippen molar-refractivity contribution < 1.29 is 23.1 Å². The monoisotopic (exact) mass is 917 g/mol. The number of fused-ring (bicyclic) bond motifs is 6. The number of nitrogens with zero attached hydrogens (tertiary/aromatic N) is 6. The van der Waals surface area contributed by atoms with E-state index in [9.17, 15) is 18.0 Å². The van der Waals surface area contributed by atoms with E-state index in [-0.39, 0.29) is 29.9 Å². The Labute approximate surface area is 387 Å². The van der Waals surface area contributed by atoms with E-state index in [1.165, 1.54) is 24.3 Å². The Morgan fingerprint density at radius 3 is 1.51 bits per heavy atom. The molecule has 4 heterocycles. The highest BCUT2D eigenvalue weighted by atomic mass is 32.2. The van der Waals surface area contributed by atoms with Crippen molar-refractivity contribution in [2.45, 2.75) is 32.6 Å². The van der Waals surface area contributed by atoms with Crippen molar-refractivity contribution in [1.29, 1.82) is 0 Å². The first kappa shape index (κ1) is 45.8. The summed E-state index contributed by atoms with van der Waals surface area (Å²) in [6, 6.07) is 36.2. The van der Waals surface area contributed by atoms with Crippen molar-refractivity contribution in [2.75, 3.05) is 42.2 Å². The van der Waals surface area contributed by atoms with E-state index in [1.807, 2.05) is 85.2 Å². The summed E-state index contributed by atoms with van der Waals surface area (Å²) in [5, 5.41) is 26.3. The predicted octanol–water partition coefficient (Wildman–Crippen LogP) is 7.86. The molecule has 67 heavy (non-hydrogen) atoms. The van der Waals surface area contributed by atoms with E-state index in [2.05, 4.69) is 67.7 Å². The normalized spacial score (nSPS) is 11.6. The summed E-state index contributed by atoms with van der Waals surface area (Å²) in [6.07, 6.45) is 3.65. The molecule has 0 radical (unpaired) electrons. The third-order valence-electron chi connectivity index (χ3n) is 10.7. The van der Waals surface area contributed by atoms with Crippen LogP contribution >= 0.6 is 0 Å². The summed E-state index contributed by atoms with van der Waals surface area (Å²) in [4.78, 5) is 43.7. The summed E-state index contributed by atoms with van der Waals surface area (Å²) in [6.45, 7) is 10.3. The van der Waals surface area contributed by atoms with E-state index in [1.54, 1.807) is 24.3 Å². The Balaban J connectivity index is 0.000000186. The average molecular weight is 918 g/mol. The second kappa shape index (κ2) is 19.8. The Morgan fingerprint density at radius 2 is 1.07 bits per heavy atom. The topological polar surface area (TPSA) is 223 Å². The fourth-order valence-electron chi connectivity index (χ4n) is 7.40. The van der Waals surface area contributed by atoms with Crippen molar-refractivity contribution in [3.05, 3.63) is 145 Å². The van der Waals surface area contributed by atoms with Gasteiger partial charge in [0.1, 0.15) is 0 Å². The molecule has 0 spiro atoms. The maximum atomic E-state index is 12.8. The van der Waals surface area contributed by atoms with Gasteiger partial charge in [0.2, 0.25) is 10.0 Å². The molecule has 9 rings (SSSR count). The third-order valence-corrected chi connectivity index (χ3v) is 11.7. The van der Waals surface area contributed by atoms with Gasteiger partial charge in [-0.15, -0.1) is 0 Å². The molecule has 2 amide bonds. The molecule has 16 nitrogen and oxygen atoms in total. The number of imidazole rings is 2. The number of rotatable bonds is 14. The van der Waals surface area contributed by atoms with Crippen molar-refractivity contribution in [3.63, 3.8) is 0 Å². The summed E-state index contributed by atoms with van der Waals surface area (Å²) in [5.74, 6) is 1.90. The highest BCUT2D eigenvalue weighted by Crippen LogP contribution is 2.31. The SMILES string of the molecule is CC(C)CNc1nc2ccccc2n2c(-c3ccc(C(=O)NCCO)cc3)cnc12.CC(C)CNc1nc2ccccc2n2c(-c3ccc(C(=O)Nc4ccc(S(N)(=O)=O)cc4)cc3)cnc12. The molecule has 0 unspecified atom stereocenters. The van der Waals surface area contributed by atoms with Gasteiger partial charge in [-0.05, 0) is 84.6 Å². The Bertz CT molecular complexity index is 3330. The predicted molar refractivity (Wildman–Crippen MR) is 264 cm³/mol. The van der Waals surface area contributed by atoms with Gasteiger partial charge >= 0.3 is 0 Å². The first-order valence-corrected chi connectivity index (χ1v) is 23.4. The van der Waals surface area contributed by atoms with Crippen LogP contribution in [0.3, 0.4) is 0 Å². The standard InChI is InChI=1S/C27H26N6O3S.C23H25N5O2/c1-17(2)15-29-25-26-30-16-24(33(26)23-6-4-3-5-22(23)32-25)18-7-9-19(10-8-18)27(34)31-20-11-13-21(14-12-20)37(28,35)36;1-15(2)13-25-21-22-26-14-20(28(22)19-6-4-3-5-18(19)27-21)16-7-9-17(10-8-16)23(30)24-11-12-29/h3-14,16-17H,15H2,1-2H3,(H,29,32)(H,31,34)(H2,28,35,36);3-10,14-15,29H,11-13H2,1-2H3,(H,24,30)(H,25,27). The van der Waals surface area contributed by atoms with Gasteiger partial charge in [-0.25, -0.2) is 33.5 Å². The number of sulfonamides is 1. The van der Waals surface area contributed by atoms with Crippen LogP contribution in [-0.4, -0.2) is 80.3 Å². The Hall–Kier alpha value is -7.73. The van der Waals surface area contributed by atoms with Gasteiger partial charge in [0.05, 0.1) is 57.4 Å². The van der Waals surface area contributed by atoms with Crippen LogP contribution in [0.2, 0.25) is 0 Å². The van der Waals surface area contributed by atoms with Crippen LogP contribution in [0.1, 0.15) is 48.4 Å². The number of primary sulfonamides is 1. The van der Waals surface area contributed by atoms with Crippen molar-refractivity contribution in [2.24, 2.45) is 17.0 Å². The summed E-state index contributed by atoms with van der Waals surface area (Å²) < 4.78 is 27.0. The number of hydrogen-bond donors (Lipinski definition) is 6. The molecule has 0 aliphatic heterocycles. The van der Waals surface area contributed by atoms with Crippen LogP contribution in [0.25, 0.3) is 55.9 Å². The molecule has 0 fully saturated rings. The van der Waals surface area contributed by atoms with Gasteiger partial charge < -0.3 is 26.4 Å². The summed E-state index contributed by atoms with van der Waals surface area (Å²) in [7, 11) is -3.79. The molecule has 0 bridgehead atoms. The molecule has 5 aromatic carbocycles. The van der Waals surface area contributed by atoms with Crippen molar-refractivity contribution in [1.82, 2.24) is 34.1 Å². The lowest BCUT2D eigenvalue weighted by molar-refractivity contribution is 0.0944. The molecule has 0 aliphatic carbocycles. The van der Waals surface area contributed by atoms with Crippen LogP contribution in [0, 0.1) is 11.8 Å². The van der Waals surface area contributed by atoms with E-state index < -0.39 is 10.0 Å². The zero-order valence-electron chi connectivity index (χ0n) is 37.4. The molecule has 4 aromatic heterocycles. The van der Waals surface area contributed by atoms with Gasteiger partial charge in [-0.2, -0.15) is 0 Å². The van der Waals surface area contributed by atoms with E-state index in [4.69, 9.17) is 20.2 Å². The lowest BCUT2D eigenvalue weighted by atomic mass is 10.1. The molecule has 342 valence electrons. The number of para-hydroxylation sites is 4. The number of amides is 2. The fourth-order valence-corrected chi connectivity index (χ4v) is 7.91. The van der Waals surface area contributed by atoms with Crippen molar-refractivity contribution in [3.8, 4) is 22.5 Å². The molecule has 0 aliphatic rings. The molecule has 7 N–H and O–H groups in total. The van der Waals surface area contributed by atoms with E-state index in [0.29, 0.717) is 28.7 Å². The molecule has 0 saturated carbocycles. The molecular weight excluding hydrogens is 867 g/mol. The number of nitrogens with one attached hydrogen (secondary N) is 4. The maximum absolute atomic E-state index is 12.8. The molecular formula is C50H51N11O5S. The Kier molecular flexibility index (Phi) is 13.5. The zero-order chi connectivity index (χ0) is 47.2. The highest BCUT2D eigenvalue weighted by Gasteiger charge is 2.18. The number of hydrogen-bond acceptors (Lipinski definition) is 11. The zero-order valence-corrected chi connectivity index (χ0v) is 38.3. The minimum Gasteiger partial charge on any atom is -0.395 e.